The number of para-hydroxylation sites is 1. The van der Waals surface area contributed by atoms with Gasteiger partial charge in [0.1, 0.15) is 12.4 Å². The Labute approximate surface area is 214 Å². The number of fused-ring (bicyclic) bond motifs is 1. The SMILES string of the molecule is O=C(N/N=C\c1cc(Cl)ccc1OCc1ccccc1)c1cc(-c2ccccc2)nc2ccccc12. The van der Waals surface area contributed by atoms with E-state index in [2.05, 4.69) is 10.5 Å². The first-order chi connectivity index (χ1) is 17.7. The Bertz CT molecular complexity index is 1540. The average Bonchev–Trinajstić information content (AvgIpc) is 2.93. The Morgan fingerprint density at radius 2 is 1.61 bits per heavy atom. The first-order valence-electron chi connectivity index (χ1n) is 11.4. The van der Waals surface area contributed by atoms with Crippen molar-refractivity contribution in [1.82, 2.24) is 10.4 Å². The number of carbonyl (C=O) groups is 1. The Hall–Kier alpha value is -4.48. The fraction of sp³-hybridized carbons (Fsp3) is 0.0333. The summed E-state index contributed by atoms with van der Waals surface area (Å²) in [6.07, 6.45) is 1.53. The van der Waals surface area contributed by atoms with Gasteiger partial charge < -0.3 is 4.74 Å². The summed E-state index contributed by atoms with van der Waals surface area (Å²) >= 11 is 6.20. The van der Waals surface area contributed by atoms with E-state index >= 15 is 0 Å². The molecule has 176 valence electrons. The molecule has 0 radical (unpaired) electrons. The maximum Gasteiger partial charge on any atom is 0.272 e. The van der Waals surface area contributed by atoms with Crippen LogP contribution in [0.25, 0.3) is 22.2 Å². The quantitative estimate of drug-likeness (QED) is 0.199. The van der Waals surface area contributed by atoms with Crippen LogP contribution in [0.3, 0.4) is 0 Å². The Morgan fingerprint density at radius 3 is 2.42 bits per heavy atom. The van der Waals surface area contributed by atoms with Crippen molar-refractivity contribution in [2.45, 2.75) is 6.61 Å². The Balaban J connectivity index is 1.38. The molecular formula is C30H22ClN3O2. The van der Waals surface area contributed by atoms with Gasteiger partial charge in [-0.05, 0) is 35.9 Å². The lowest BCUT2D eigenvalue weighted by Gasteiger charge is -2.10. The fourth-order valence-corrected chi connectivity index (χ4v) is 4.01. The summed E-state index contributed by atoms with van der Waals surface area (Å²) in [7, 11) is 0. The van der Waals surface area contributed by atoms with Crippen molar-refractivity contribution in [1.29, 1.82) is 0 Å². The van der Waals surface area contributed by atoms with E-state index in [1.807, 2.05) is 84.9 Å². The summed E-state index contributed by atoms with van der Waals surface area (Å²) in [5.41, 5.74) is 7.22. The lowest BCUT2D eigenvalue weighted by molar-refractivity contribution is 0.0956. The van der Waals surface area contributed by atoms with E-state index in [1.165, 1.54) is 6.21 Å². The molecule has 0 aliphatic carbocycles. The van der Waals surface area contributed by atoms with Crippen molar-refractivity contribution >= 4 is 34.6 Å². The van der Waals surface area contributed by atoms with Gasteiger partial charge in [0.05, 0.1) is 23.0 Å². The molecule has 0 saturated heterocycles. The van der Waals surface area contributed by atoms with Crippen LogP contribution in [0.2, 0.25) is 5.02 Å². The minimum Gasteiger partial charge on any atom is -0.488 e. The van der Waals surface area contributed by atoms with Crippen LogP contribution in [-0.4, -0.2) is 17.1 Å². The number of hydrogen-bond donors (Lipinski definition) is 1. The maximum atomic E-state index is 13.2. The summed E-state index contributed by atoms with van der Waals surface area (Å²) in [4.78, 5) is 17.9. The van der Waals surface area contributed by atoms with Crippen LogP contribution in [0.5, 0.6) is 5.75 Å². The van der Waals surface area contributed by atoms with E-state index < -0.39 is 0 Å². The third-order valence-corrected chi connectivity index (χ3v) is 5.84. The zero-order valence-electron chi connectivity index (χ0n) is 19.3. The smallest absolute Gasteiger partial charge is 0.272 e. The molecule has 0 atom stereocenters. The monoisotopic (exact) mass is 491 g/mol. The molecule has 6 heteroatoms. The van der Waals surface area contributed by atoms with E-state index in [0.717, 1.165) is 27.7 Å². The van der Waals surface area contributed by atoms with E-state index in [-0.39, 0.29) is 5.91 Å². The Morgan fingerprint density at radius 1 is 0.889 bits per heavy atom. The lowest BCUT2D eigenvalue weighted by atomic mass is 10.0. The number of benzene rings is 4. The summed E-state index contributed by atoms with van der Waals surface area (Å²) < 4.78 is 5.97. The molecule has 5 aromatic rings. The summed E-state index contributed by atoms with van der Waals surface area (Å²) in [6.45, 7) is 0.404. The van der Waals surface area contributed by atoms with Crippen molar-refractivity contribution < 1.29 is 9.53 Å². The van der Waals surface area contributed by atoms with E-state index in [4.69, 9.17) is 21.3 Å². The molecule has 4 aromatic carbocycles. The minimum atomic E-state index is -0.337. The van der Waals surface area contributed by atoms with Gasteiger partial charge in [-0.1, -0.05) is 90.5 Å². The molecule has 0 saturated carbocycles. The van der Waals surface area contributed by atoms with Gasteiger partial charge in [0.15, 0.2) is 0 Å². The number of halogens is 1. The summed E-state index contributed by atoms with van der Waals surface area (Å²) in [6, 6.07) is 34.3. The number of pyridine rings is 1. The van der Waals surface area contributed by atoms with Crippen LogP contribution in [-0.2, 0) is 6.61 Å². The van der Waals surface area contributed by atoms with Crippen LogP contribution < -0.4 is 10.2 Å². The number of nitrogens with zero attached hydrogens (tertiary/aromatic N) is 2. The van der Waals surface area contributed by atoms with Crippen LogP contribution in [0, 0.1) is 0 Å². The second-order valence-electron chi connectivity index (χ2n) is 8.09. The molecule has 5 rings (SSSR count). The highest BCUT2D eigenvalue weighted by Gasteiger charge is 2.13. The molecule has 0 aliphatic heterocycles. The standard InChI is InChI=1S/C30H22ClN3O2/c31-24-15-16-29(36-20-21-9-3-1-4-10-21)23(17-24)19-32-34-30(35)26-18-28(22-11-5-2-6-12-22)33-27-14-8-7-13-25(26)27/h1-19H,20H2,(H,34,35)/b32-19-. The molecule has 0 bridgehead atoms. The molecule has 1 aromatic heterocycles. The van der Waals surface area contributed by atoms with Crippen LogP contribution in [0.15, 0.2) is 114 Å². The number of nitrogens with one attached hydrogen (secondary N) is 1. The number of aromatic nitrogens is 1. The highest BCUT2D eigenvalue weighted by molar-refractivity contribution is 6.30. The second-order valence-corrected chi connectivity index (χ2v) is 8.53. The Kier molecular flexibility index (Phi) is 7.01. The van der Waals surface area contributed by atoms with Crippen molar-refractivity contribution in [3.63, 3.8) is 0 Å². The topological polar surface area (TPSA) is 63.6 Å². The zero-order valence-corrected chi connectivity index (χ0v) is 20.0. The van der Waals surface area contributed by atoms with Gasteiger partial charge in [-0.2, -0.15) is 5.10 Å². The van der Waals surface area contributed by atoms with Gasteiger partial charge in [0.2, 0.25) is 0 Å². The second kappa shape index (κ2) is 10.8. The van der Waals surface area contributed by atoms with Gasteiger partial charge in [0, 0.05) is 21.5 Å². The van der Waals surface area contributed by atoms with Gasteiger partial charge in [0.25, 0.3) is 5.91 Å². The normalized spacial score (nSPS) is 11.0. The van der Waals surface area contributed by atoms with E-state index in [9.17, 15) is 4.79 Å². The zero-order chi connectivity index (χ0) is 24.7. The van der Waals surface area contributed by atoms with Gasteiger partial charge in [-0.15, -0.1) is 0 Å². The van der Waals surface area contributed by atoms with Gasteiger partial charge >= 0.3 is 0 Å². The third-order valence-electron chi connectivity index (χ3n) is 5.61. The molecule has 0 fully saturated rings. The van der Waals surface area contributed by atoms with Gasteiger partial charge in [-0.25, -0.2) is 10.4 Å². The van der Waals surface area contributed by atoms with Crippen molar-refractivity contribution in [2.75, 3.05) is 0 Å². The summed E-state index contributed by atoms with van der Waals surface area (Å²) in [5.74, 6) is 0.276. The fourth-order valence-electron chi connectivity index (χ4n) is 3.83. The molecule has 1 amide bonds. The van der Waals surface area contributed by atoms with Crippen molar-refractivity contribution in [3.05, 3.63) is 131 Å². The molecule has 1 N–H and O–H groups in total. The number of rotatable bonds is 7. The predicted molar refractivity (Wildman–Crippen MR) is 144 cm³/mol. The van der Waals surface area contributed by atoms with E-state index in [1.54, 1.807) is 24.3 Å². The van der Waals surface area contributed by atoms with Crippen molar-refractivity contribution in [3.8, 4) is 17.0 Å². The molecular weight excluding hydrogens is 470 g/mol. The molecule has 5 nitrogen and oxygen atoms in total. The lowest BCUT2D eigenvalue weighted by Crippen LogP contribution is -2.18. The molecule has 36 heavy (non-hydrogen) atoms. The number of amides is 1. The highest BCUT2D eigenvalue weighted by atomic mass is 35.5. The molecule has 0 spiro atoms. The summed E-state index contributed by atoms with van der Waals surface area (Å²) in [5, 5.41) is 5.49. The molecule has 0 aliphatic rings. The maximum absolute atomic E-state index is 13.2. The number of hydrazone groups is 1. The third kappa shape index (κ3) is 5.43. The van der Waals surface area contributed by atoms with Crippen molar-refractivity contribution in [2.24, 2.45) is 5.10 Å². The van der Waals surface area contributed by atoms with Crippen LogP contribution >= 0.6 is 11.6 Å². The minimum absolute atomic E-state index is 0.337. The molecule has 0 unspecified atom stereocenters. The average molecular weight is 492 g/mol. The first kappa shape index (κ1) is 23.3. The van der Waals surface area contributed by atoms with E-state index in [0.29, 0.717) is 28.5 Å². The van der Waals surface area contributed by atoms with Crippen LogP contribution in [0.4, 0.5) is 0 Å². The van der Waals surface area contributed by atoms with Gasteiger partial charge in [-0.3, -0.25) is 4.79 Å². The molecule has 1 heterocycles. The number of carbonyl (C=O) groups excluding carboxylic acids is 1. The largest absolute Gasteiger partial charge is 0.488 e. The first-order valence-corrected chi connectivity index (χ1v) is 11.8. The predicted octanol–water partition coefficient (Wildman–Crippen LogP) is 6.90. The number of ether oxygens (including phenoxy) is 1. The number of hydrogen-bond acceptors (Lipinski definition) is 4. The van der Waals surface area contributed by atoms with Crippen LogP contribution in [0.1, 0.15) is 21.5 Å². The highest BCUT2D eigenvalue weighted by Crippen LogP contribution is 2.25.